The Kier molecular flexibility index (Phi) is 12.3. The van der Waals surface area contributed by atoms with Gasteiger partial charge in [0, 0.05) is 50.9 Å². The van der Waals surface area contributed by atoms with Crippen LogP contribution in [0.4, 0.5) is 17.6 Å². The Morgan fingerprint density at radius 2 is 1.73 bits per heavy atom. The lowest BCUT2D eigenvalue weighted by atomic mass is 9.82. The number of nitrogen functional groups attached to an aromatic ring is 1. The van der Waals surface area contributed by atoms with Crippen LogP contribution in [0.3, 0.4) is 0 Å². The Hall–Kier alpha value is -1.49. The van der Waals surface area contributed by atoms with Gasteiger partial charge in [-0.3, -0.25) is 9.46 Å². The van der Waals surface area contributed by atoms with Gasteiger partial charge in [-0.2, -0.15) is 9.97 Å². The molecule has 0 unspecified atom stereocenters. The van der Waals surface area contributed by atoms with Crippen LogP contribution < -0.4 is 26.6 Å². The number of anilines is 3. The Morgan fingerprint density at radius 1 is 1.00 bits per heavy atom. The molecule has 2 saturated carbocycles. The Balaban J connectivity index is 1.11. The third kappa shape index (κ3) is 10.7. The maximum atomic E-state index is 11.3. The molecule has 2 aliphatic carbocycles. The van der Waals surface area contributed by atoms with Crippen LogP contribution >= 0.6 is 7.60 Å². The minimum atomic E-state index is -3.99. The van der Waals surface area contributed by atoms with Crippen molar-refractivity contribution < 1.29 is 14.4 Å². The summed E-state index contributed by atoms with van der Waals surface area (Å²) in [7, 11) is -3.99. The van der Waals surface area contributed by atoms with E-state index >= 15 is 0 Å². The van der Waals surface area contributed by atoms with E-state index in [1.807, 2.05) is 6.07 Å². The lowest BCUT2D eigenvalue weighted by Gasteiger charge is -2.40. The van der Waals surface area contributed by atoms with Crippen molar-refractivity contribution in [1.82, 2.24) is 25.5 Å². The molecular formula is C28H53N8O3P. The number of aromatic nitrogens is 2. The standard InChI is InChI=1S/C28H53N8O3P/c1-22-21-36(15-14-35(22)16-17-40(37,38)39)27-18-26(29)33-28(34-27)32-20-24-10-8-23(9-11-24)19-30-12-5-13-31-25-6-3-2-4-7-25/h18,22-25,30-31H,2-17,19-21H2,1H3,(H2,37,38,39)(H3,29,32,33,34)/t22-,23-,24-/m0/s1. The number of rotatable bonds is 14. The van der Waals surface area contributed by atoms with Crippen LogP contribution in [0.5, 0.6) is 0 Å². The van der Waals surface area contributed by atoms with Crippen LogP contribution in [0.15, 0.2) is 6.07 Å². The number of piperazine rings is 1. The van der Waals surface area contributed by atoms with E-state index in [1.165, 1.54) is 64.2 Å². The zero-order chi connectivity index (χ0) is 28.4. The summed E-state index contributed by atoms with van der Waals surface area (Å²) in [5, 5.41) is 10.9. The van der Waals surface area contributed by atoms with Crippen LogP contribution in [0.2, 0.25) is 0 Å². The molecule has 1 atom stereocenters. The van der Waals surface area contributed by atoms with E-state index in [9.17, 15) is 14.4 Å². The highest BCUT2D eigenvalue weighted by Crippen LogP contribution is 2.34. The van der Waals surface area contributed by atoms with Crippen molar-refractivity contribution in [1.29, 1.82) is 0 Å². The molecule has 3 aliphatic rings. The van der Waals surface area contributed by atoms with E-state index in [0.29, 0.717) is 24.2 Å². The summed E-state index contributed by atoms with van der Waals surface area (Å²) in [6.07, 6.45) is 13.0. The fourth-order valence-corrected chi connectivity index (χ4v) is 7.01. The SMILES string of the molecule is C[C@H]1CN(c2cc(N)nc(NC[C@H]3CC[C@H](CNCCCNC4CCCCC4)CC3)n2)CCN1CCP(=O)(O)O. The molecule has 1 aliphatic heterocycles. The summed E-state index contributed by atoms with van der Waals surface area (Å²) in [4.78, 5) is 31.9. The Morgan fingerprint density at radius 3 is 2.42 bits per heavy atom. The first kappa shape index (κ1) is 31.4. The lowest BCUT2D eigenvalue weighted by Crippen LogP contribution is -2.52. The van der Waals surface area contributed by atoms with E-state index in [-0.39, 0.29) is 12.2 Å². The molecule has 3 fully saturated rings. The monoisotopic (exact) mass is 580 g/mol. The molecule has 0 radical (unpaired) electrons. The zero-order valence-corrected chi connectivity index (χ0v) is 25.3. The second-order valence-corrected chi connectivity index (χ2v) is 14.1. The van der Waals surface area contributed by atoms with Crippen LogP contribution in [-0.2, 0) is 4.57 Å². The van der Waals surface area contributed by atoms with Crippen molar-refractivity contribution in [3.63, 3.8) is 0 Å². The molecule has 12 heteroatoms. The van der Waals surface area contributed by atoms with Crippen molar-refractivity contribution in [3.8, 4) is 0 Å². The molecule has 228 valence electrons. The molecule has 0 aromatic carbocycles. The maximum absolute atomic E-state index is 11.3. The molecule has 1 aromatic heterocycles. The molecule has 1 aromatic rings. The third-order valence-electron chi connectivity index (χ3n) is 9.02. The summed E-state index contributed by atoms with van der Waals surface area (Å²) in [6, 6.07) is 2.74. The van der Waals surface area contributed by atoms with Crippen molar-refractivity contribution in [2.75, 3.05) is 74.5 Å². The Bertz CT molecular complexity index is 936. The van der Waals surface area contributed by atoms with Gasteiger partial charge in [-0.25, -0.2) is 0 Å². The first-order chi connectivity index (χ1) is 19.2. The average Bonchev–Trinajstić information content (AvgIpc) is 2.93. The van der Waals surface area contributed by atoms with E-state index < -0.39 is 7.60 Å². The van der Waals surface area contributed by atoms with Crippen LogP contribution in [0.25, 0.3) is 0 Å². The summed E-state index contributed by atoms with van der Waals surface area (Å²) in [6.45, 7) is 8.91. The van der Waals surface area contributed by atoms with Crippen molar-refractivity contribution >= 4 is 25.2 Å². The molecule has 40 heavy (non-hydrogen) atoms. The first-order valence-corrected chi connectivity index (χ1v) is 17.4. The molecule has 0 amide bonds. The molecule has 2 heterocycles. The minimum Gasteiger partial charge on any atom is -0.383 e. The fraction of sp³-hybridized carbons (Fsp3) is 0.857. The van der Waals surface area contributed by atoms with Crippen molar-refractivity contribution in [3.05, 3.63) is 6.07 Å². The summed E-state index contributed by atoms with van der Waals surface area (Å²) < 4.78 is 11.3. The summed E-state index contributed by atoms with van der Waals surface area (Å²) in [5.74, 6) is 3.24. The highest BCUT2D eigenvalue weighted by molar-refractivity contribution is 7.51. The molecule has 4 rings (SSSR count). The van der Waals surface area contributed by atoms with Crippen LogP contribution in [0.1, 0.15) is 71.1 Å². The quantitative estimate of drug-likeness (QED) is 0.142. The van der Waals surface area contributed by atoms with Gasteiger partial charge in [-0.15, -0.1) is 0 Å². The molecule has 0 spiro atoms. The highest BCUT2D eigenvalue weighted by atomic mass is 31.2. The molecule has 7 N–H and O–H groups in total. The first-order valence-electron chi connectivity index (χ1n) is 15.6. The van der Waals surface area contributed by atoms with Gasteiger partial charge in [0.25, 0.3) is 0 Å². The summed E-state index contributed by atoms with van der Waals surface area (Å²) in [5.41, 5.74) is 6.14. The largest absolute Gasteiger partial charge is 0.383 e. The van der Waals surface area contributed by atoms with Gasteiger partial charge in [0.05, 0.1) is 6.16 Å². The number of hydrogen-bond donors (Lipinski definition) is 6. The average molecular weight is 581 g/mol. The number of nitrogens with two attached hydrogens (primary N) is 1. The number of nitrogens with one attached hydrogen (secondary N) is 3. The molecule has 0 bridgehead atoms. The topological polar surface area (TPSA) is 152 Å². The fourth-order valence-electron chi connectivity index (χ4n) is 6.50. The van der Waals surface area contributed by atoms with Gasteiger partial charge in [0.2, 0.25) is 5.95 Å². The van der Waals surface area contributed by atoms with E-state index in [1.54, 1.807) is 0 Å². The minimum absolute atomic E-state index is 0.109. The predicted octanol–water partition coefficient (Wildman–Crippen LogP) is 2.87. The van der Waals surface area contributed by atoms with Crippen LogP contribution in [-0.4, -0.2) is 95.3 Å². The molecule has 11 nitrogen and oxygen atoms in total. The van der Waals surface area contributed by atoms with Gasteiger partial charge in [0.15, 0.2) is 0 Å². The second kappa shape index (κ2) is 15.7. The second-order valence-electron chi connectivity index (χ2n) is 12.3. The predicted molar refractivity (Wildman–Crippen MR) is 163 cm³/mol. The van der Waals surface area contributed by atoms with E-state index in [4.69, 9.17) is 10.7 Å². The van der Waals surface area contributed by atoms with E-state index in [2.05, 4.69) is 37.7 Å². The molecular weight excluding hydrogens is 527 g/mol. The van der Waals surface area contributed by atoms with Gasteiger partial charge in [-0.05, 0) is 83.3 Å². The normalized spacial score (nSPS) is 25.3. The lowest BCUT2D eigenvalue weighted by molar-refractivity contribution is 0.196. The highest BCUT2D eigenvalue weighted by Gasteiger charge is 2.27. The van der Waals surface area contributed by atoms with E-state index in [0.717, 1.165) is 63.6 Å². The van der Waals surface area contributed by atoms with Gasteiger partial charge in [0.1, 0.15) is 11.6 Å². The van der Waals surface area contributed by atoms with Crippen molar-refractivity contribution in [2.45, 2.75) is 83.2 Å². The summed E-state index contributed by atoms with van der Waals surface area (Å²) >= 11 is 0. The number of nitrogens with zero attached hydrogens (tertiary/aromatic N) is 4. The van der Waals surface area contributed by atoms with Crippen LogP contribution in [0, 0.1) is 11.8 Å². The third-order valence-corrected chi connectivity index (χ3v) is 9.80. The Labute approximate surface area is 240 Å². The smallest absolute Gasteiger partial charge is 0.326 e. The molecule has 1 saturated heterocycles. The maximum Gasteiger partial charge on any atom is 0.326 e. The van der Waals surface area contributed by atoms with Gasteiger partial charge >= 0.3 is 7.60 Å². The number of hydrogen-bond acceptors (Lipinski definition) is 9. The van der Waals surface area contributed by atoms with Gasteiger partial charge in [-0.1, -0.05) is 19.3 Å². The van der Waals surface area contributed by atoms with Crippen molar-refractivity contribution in [2.24, 2.45) is 11.8 Å². The van der Waals surface area contributed by atoms with Gasteiger partial charge < -0.3 is 36.4 Å². The zero-order valence-electron chi connectivity index (χ0n) is 24.4.